The second-order valence-electron chi connectivity index (χ2n) is 6.21. The minimum absolute atomic E-state index is 0.00680. The Morgan fingerprint density at radius 2 is 2.03 bits per heavy atom. The Bertz CT molecular complexity index is 953. The van der Waals surface area contributed by atoms with Crippen molar-refractivity contribution in [3.8, 4) is 5.75 Å². The molecule has 0 aromatic heterocycles. The molecule has 1 aliphatic rings. The first kappa shape index (κ1) is 21.4. The number of benzene rings is 2. The van der Waals surface area contributed by atoms with Crippen LogP contribution in [-0.4, -0.2) is 31.7 Å². The van der Waals surface area contributed by atoms with Gasteiger partial charge in [0.1, 0.15) is 23.8 Å². The third-order valence-corrected chi connectivity index (χ3v) is 5.00. The summed E-state index contributed by atoms with van der Waals surface area (Å²) in [7, 11) is 1.40. The first-order valence-electron chi connectivity index (χ1n) is 8.79. The lowest BCUT2D eigenvalue weighted by atomic mass is 9.98. The molecule has 1 amide bonds. The van der Waals surface area contributed by atoms with E-state index in [-0.39, 0.29) is 29.4 Å². The molecule has 0 bridgehead atoms. The maximum atomic E-state index is 14.8. The molecule has 2 atom stereocenters. The van der Waals surface area contributed by atoms with E-state index in [4.69, 9.17) is 37.4 Å². The van der Waals surface area contributed by atoms with Crippen molar-refractivity contribution < 1.29 is 28.2 Å². The Morgan fingerprint density at radius 3 is 2.72 bits per heavy atom. The number of methoxy groups -OCH3 is 1. The quantitative estimate of drug-likeness (QED) is 0.690. The molecule has 2 aromatic carbocycles. The van der Waals surface area contributed by atoms with Crippen LogP contribution >= 0.6 is 23.2 Å². The highest BCUT2D eigenvalue weighted by Gasteiger charge is 2.36. The van der Waals surface area contributed by atoms with Crippen molar-refractivity contribution in [2.45, 2.75) is 25.6 Å². The van der Waals surface area contributed by atoms with Crippen molar-refractivity contribution in [1.82, 2.24) is 0 Å². The van der Waals surface area contributed by atoms with Gasteiger partial charge >= 0.3 is 5.97 Å². The summed E-state index contributed by atoms with van der Waals surface area (Å²) >= 11 is 12.5. The topological polar surface area (TPSA) is 73.9 Å². The smallest absolute Gasteiger partial charge is 0.308 e. The number of carbonyl (C=O) groups is 2. The molecule has 0 aliphatic carbocycles. The molecule has 1 heterocycles. The number of nitrogens with one attached hydrogen (secondary N) is 1. The van der Waals surface area contributed by atoms with Crippen LogP contribution in [0.25, 0.3) is 0 Å². The number of ether oxygens (including phenoxy) is 3. The van der Waals surface area contributed by atoms with Crippen molar-refractivity contribution in [3.63, 3.8) is 0 Å². The molecule has 1 aliphatic heterocycles. The summed E-state index contributed by atoms with van der Waals surface area (Å²) in [6.07, 6.45) is -2.70. The molecule has 0 saturated heterocycles. The normalized spacial score (nSPS) is 18.4. The molecular weight excluding hydrogens is 424 g/mol. The van der Waals surface area contributed by atoms with Crippen LogP contribution in [-0.2, 0) is 19.1 Å². The molecule has 0 unspecified atom stereocenters. The fraction of sp³-hybridized carbons (Fsp3) is 0.300. The Balaban J connectivity index is 2.13. The van der Waals surface area contributed by atoms with E-state index in [0.717, 1.165) is 0 Å². The van der Waals surface area contributed by atoms with Crippen LogP contribution in [0.4, 0.5) is 10.1 Å². The molecule has 3 rings (SSSR count). The number of amides is 1. The van der Waals surface area contributed by atoms with E-state index in [9.17, 15) is 14.0 Å². The lowest BCUT2D eigenvalue weighted by Crippen LogP contribution is -2.32. The van der Waals surface area contributed by atoms with Crippen LogP contribution < -0.4 is 10.1 Å². The minimum Gasteiger partial charge on any atom is -0.495 e. The second kappa shape index (κ2) is 8.98. The Labute approximate surface area is 176 Å². The summed E-state index contributed by atoms with van der Waals surface area (Å²) in [5, 5.41) is 3.04. The number of carbonyl (C=O) groups excluding carboxylic acids is 2. The lowest BCUT2D eigenvalue weighted by Gasteiger charge is -2.23. The number of anilines is 1. The Kier molecular flexibility index (Phi) is 6.62. The van der Waals surface area contributed by atoms with Gasteiger partial charge < -0.3 is 19.5 Å². The van der Waals surface area contributed by atoms with Crippen molar-refractivity contribution in [2.24, 2.45) is 0 Å². The van der Waals surface area contributed by atoms with Crippen LogP contribution in [0.1, 0.15) is 30.6 Å². The summed E-state index contributed by atoms with van der Waals surface area (Å²) in [6, 6.07) is 7.27. The molecular formula is C20H18Cl2FNO5. The predicted octanol–water partition coefficient (Wildman–Crippen LogP) is 4.52. The van der Waals surface area contributed by atoms with Gasteiger partial charge in [0.15, 0.2) is 0 Å². The lowest BCUT2D eigenvalue weighted by molar-refractivity contribution is -0.150. The van der Waals surface area contributed by atoms with E-state index < -0.39 is 29.9 Å². The third kappa shape index (κ3) is 4.47. The number of rotatable bonds is 5. The summed E-state index contributed by atoms with van der Waals surface area (Å²) < 4.78 is 30.9. The van der Waals surface area contributed by atoms with E-state index >= 15 is 0 Å². The third-order valence-electron chi connectivity index (χ3n) is 4.38. The maximum Gasteiger partial charge on any atom is 0.308 e. The number of hydrogen-bond acceptors (Lipinski definition) is 5. The molecule has 6 nitrogen and oxygen atoms in total. The highest BCUT2D eigenvalue weighted by atomic mass is 35.5. The summed E-state index contributed by atoms with van der Waals surface area (Å²) in [6.45, 7) is 1.81. The van der Waals surface area contributed by atoms with Crippen molar-refractivity contribution >= 4 is 40.8 Å². The summed E-state index contributed by atoms with van der Waals surface area (Å²) in [5.74, 6) is -1.60. The van der Waals surface area contributed by atoms with E-state index in [1.807, 2.05) is 0 Å². The van der Waals surface area contributed by atoms with Gasteiger partial charge in [0.05, 0.1) is 25.2 Å². The van der Waals surface area contributed by atoms with Crippen molar-refractivity contribution in [3.05, 3.63) is 57.3 Å². The molecule has 29 heavy (non-hydrogen) atoms. The number of hydrogen-bond donors (Lipinski definition) is 1. The highest BCUT2D eigenvalue weighted by Crippen LogP contribution is 2.43. The van der Waals surface area contributed by atoms with Crippen LogP contribution in [0.3, 0.4) is 0 Å². The minimum atomic E-state index is -1.23. The molecule has 0 fully saturated rings. The molecule has 0 saturated carbocycles. The zero-order chi connectivity index (χ0) is 21.1. The number of fused-ring (bicyclic) bond motifs is 1. The molecule has 9 heteroatoms. The first-order chi connectivity index (χ1) is 13.8. The maximum absolute atomic E-state index is 14.8. The fourth-order valence-corrected chi connectivity index (χ4v) is 3.57. The summed E-state index contributed by atoms with van der Waals surface area (Å²) in [4.78, 5) is 24.6. The predicted molar refractivity (Wildman–Crippen MR) is 106 cm³/mol. The van der Waals surface area contributed by atoms with Gasteiger partial charge in [-0.05, 0) is 37.3 Å². The van der Waals surface area contributed by atoms with Gasteiger partial charge in [-0.2, -0.15) is 0 Å². The average Bonchev–Trinajstić information content (AvgIpc) is 2.79. The van der Waals surface area contributed by atoms with Crippen LogP contribution in [0.15, 0.2) is 30.3 Å². The van der Waals surface area contributed by atoms with Crippen molar-refractivity contribution in [1.29, 1.82) is 0 Å². The molecule has 1 N–H and O–H groups in total. The monoisotopic (exact) mass is 441 g/mol. The molecule has 0 radical (unpaired) electrons. The molecule has 2 aromatic rings. The summed E-state index contributed by atoms with van der Waals surface area (Å²) in [5.41, 5.74) is 0.736. The van der Waals surface area contributed by atoms with Gasteiger partial charge in [0.2, 0.25) is 0 Å². The van der Waals surface area contributed by atoms with Crippen LogP contribution in [0.2, 0.25) is 10.0 Å². The van der Waals surface area contributed by atoms with E-state index in [0.29, 0.717) is 16.3 Å². The van der Waals surface area contributed by atoms with Gasteiger partial charge in [-0.15, -0.1) is 0 Å². The Hall–Kier alpha value is -2.35. The number of esters is 1. The van der Waals surface area contributed by atoms with Crippen LogP contribution in [0.5, 0.6) is 5.75 Å². The molecule has 0 spiro atoms. The van der Waals surface area contributed by atoms with Crippen LogP contribution in [0, 0.1) is 5.82 Å². The Morgan fingerprint density at radius 1 is 1.28 bits per heavy atom. The first-order valence-corrected chi connectivity index (χ1v) is 9.54. The van der Waals surface area contributed by atoms with E-state index in [2.05, 4.69) is 5.32 Å². The zero-order valence-corrected chi connectivity index (χ0v) is 17.1. The SMILES string of the molecule is CCOC(=O)C[C@H]1O[C@H](c2c(F)ccc(OC)c2Cl)c2cc(Cl)ccc2NC1=O. The average molecular weight is 442 g/mol. The van der Waals surface area contributed by atoms with Gasteiger partial charge in [0.25, 0.3) is 5.91 Å². The molecule has 154 valence electrons. The van der Waals surface area contributed by atoms with E-state index in [1.54, 1.807) is 25.1 Å². The largest absolute Gasteiger partial charge is 0.495 e. The van der Waals surface area contributed by atoms with Gasteiger partial charge in [-0.1, -0.05) is 23.2 Å². The second-order valence-corrected chi connectivity index (χ2v) is 7.03. The standard InChI is InChI=1S/C20H18Cl2FNO5/c1-3-28-16(25)9-15-20(26)24-13-6-4-10(21)8-11(13)19(29-15)17-12(23)5-7-14(27-2)18(17)22/h4-8,15,19H,3,9H2,1-2H3,(H,24,26)/t15-,19+/m1/s1. The highest BCUT2D eigenvalue weighted by molar-refractivity contribution is 6.33. The van der Waals surface area contributed by atoms with Gasteiger partial charge in [-0.25, -0.2) is 4.39 Å². The fourth-order valence-electron chi connectivity index (χ4n) is 3.06. The van der Waals surface area contributed by atoms with E-state index in [1.165, 1.54) is 19.2 Å². The van der Waals surface area contributed by atoms with Gasteiger partial charge in [0, 0.05) is 21.8 Å². The van der Waals surface area contributed by atoms with Gasteiger partial charge in [-0.3, -0.25) is 9.59 Å². The zero-order valence-electron chi connectivity index (χ0n) is 15.6. The van der Waals surface area contributed by atoms with Crippen molar-refractivity contribution in [2.75, 3.05) is 19.0 Å². The number of halogens is 3.